The average molecular weight is 242 g/mol. The van der Waals surface area contributed by atoms with Crippen LogP contribution in [0.4, 0.5) is 14.5 Å². The predicted octanol–water partition coefficient (Wildman–Crippen LogP) is 1.02. The van der Waals surface area contributed by atoms with Gasteiger partial charge in [-0.2, -0.15) is 0 Å². The van der Waals surface area contributed by atoms with E-state index in [2.05, 4.69) is 0 Å². The summed E-state index contributed by atoms with van der Waals surface area (Å²) in [6.45, 7) is 1.57. The number of rotatable bonds is 1. The highest BCUT2D eigenvalue weighted by atomic mass is 19.2. The minimum absolute atomic E-state index is 0.293. The topological polar surface area (TPSA) is 55.6 Å². The van der Waals surface area contributed by atoms with E-state index in [0.717, 1.165) is 0 Å². The Morgan fingerprint density at radius 2 is 1.88 bits per heavy atom. The molecular formula is C11H12F2N2O2. The van der Waals surface area contributed by atoms with Gasteiger partial charge in [-0.1, -0.05) is 0 Å². The van der Waals surface area contributed by atoms with E-state index in [-0.39, 0.29) is 11.3 Å². The van der Waals surface area contributed by atoms with Gasteiger partial charge in [0, 0.05) is 13.1 Å². The molecule has 1 fully saturated rings. The fourth-order valence-corrected chi connectivity index (χ4v) is 1.67. The lowest BCUT2D eigenvalue weighted by Gasteiger charge is -2.27. The molecule has 2 rings (SSSR count). The molecule has 0 spiro atoms. The smallest absolute Gasteiger partial charge is 0.257 e. The summed E-state index contributed by atoms with van der Waals surface area (Å²) in [6, 6.07) is 2.39. The molecule has 0 bridgehead atoms. The highest BCUT2D eigenvalue weighted by Gasteiger charge is 2.23. The number of amides is 1. The van der Waals surface area contributed by atoms with Gasteiger partial charge in [0.1, 0.15) is 0 Å². The lowest BCUT2D eigenvalue weighted by molar-refractivity contribution is 0.0299. The second kappa shape index (κ2) is 4.67. The number of nitrogens with two attached hydrogens (primary N) is 1. The normalized spacial score (nSPS) is 16.0. The van der Waals surface area contributed by atoms with Gasteiger partial charge in [0.05, 0.1) is 24.5 Å². The third-order valence-corrected chi connectivity index (χ3v) is 2.64. The zero-order valence-electron chi connectivity index (χ0n) is 9.08. The first kappa shape index (κ1) is 11.8. The average Bonchev–Trinajstić information content (AvgIpc) is 2.36. The van der Waals surface area contributed by atoms with Crippen LogP contribution in [0.25, 0.3) is 0 Å². The van der Waals surface area contributed by atoms with Crippen LogP contribution < -0.4 is 5.73 Å². The van der Waals surface area contributed by atoms with Crippen LogP contribution in [0, 0.1) is 11.6 Å². The van der Waals surface area contributed by atoms with Crippen molar-refractivity contribution in [2.75, 3.05) is 32.0 Å². The molecule has 2 N–H and O–H groups in total. The van der Waals surface area contributed by atoms with Crippen molar-refractivity contribution in [3.05, 3.63) is 29.3 Å². The molecule has 1 amide bonds. The van der Waals surface area contributed by atoms with Crippen molar-refractivity contribution in [1.82, 2.24) is 4.90 Å². The highest BCUT2D eigenvalue weighted by molar-refractivity contribution is 5.95. The summed E-state index contributed by atoms with van der Waals surface area (Å²) in [4.78, 5) is 13.3. The van der Waals surface area contributed by atoms with Crippen LogP contribution in [-0.2, 0) is 4.74 Å². The van der Waals surface area contributed by atoms with Crippen LogP contribution in [0.1, 0.15) is 10.4 Å². The Balaban J connectivity index is 2.27. The van der Waals surface area contributed by atoms with Crippen molar-refractivity contribution in [3.63, 3.8) is 0 Å². The molecule has 0 atom stereocenters. The minimum Gasteiger partial charge on any atom is -0.396 e. The van der Waals surface area contributed by atoms with Crippen LogP contribution in [0.5, 0.6) is 0 Å². The predicted molar refractivity (Wildman–Crippen MR) is 57.5 cm³/mol. The maximum atomic E-state index is 13.5. The third kappa shape index (κ3) is 2.21. The Morgan fingerprint density at radius 1 is 1.24 bits per heavy atom. The Labute approximate surface area is 97.0 Å². The van der Waals surface area contributed by atoms with E-state index < -0.39 is 17.5 Å². The number of ether oxygens (including phenoxy) is 1. The number of morpholine rings is 1. The fraction of sp³-hybridized carbons (Fsp3) is 0.364. The first-order chi connectivity index (χ1) is 8.11. The van der Waals surface area contributed by atoms with Gasteiger partial charge in [0.25, 0.3) is 5.91 Å². The van der Waals surface area contributed by atoms with Crippen LogP contribution in [0.2, 0.25) is 0 Å². The van der Waals surface area contributed by atoms with Gasteiger partial charge < -0.3 is 15.4 Å². The summed E-state index contributed by atoms with van der Waals surface area (Å²) in [5.74, 6) is -2.91. The van der Waals surface area contributed by atoms with Crippen molar-refractivity contribution in [3.8, 4) is 0 Å². The van der Waals surface area contributed by atoms with E-state index in [0.29, 0.717) is 26.3 Å². The van der Waals surface area contributed by atoms with E-state index >= 15 is 0 Å². The molecule has 4 nitrogen and oxygen atoms in total. The number of nitrogens with zero attached hydrogens (tertiary/aromatic N) is 1. The standard InChI is InChI=1S/C11H12F2N2O2/c12-9-7(1-2-8(14)10(9)13)11(16)15-3-5-17-6-4-15/h1-2H,3-6,14H2. The van der Waals surface area contributed by atoms with Crippen molar-refractivity contribution in [2.24, 2.45) is 0 Å². The van der Waals surface area contributed by atoms with E-state index in [4.69, 9.17) is 10.5 Å². The van der Waals surface area contributed by atoms with Crippen LogP contribution in [-0.4, -0.2) is 37.1 Å². The van der Waals surface area contributed by atoms with Gasteiger partial charge >= 0.3 is 0 Å². The van der Waals surface area contributed by atoms with E-state index in [1.807, 2.05) is 0 Å². The molecule has 0 unspecified atom stereocenters. The third-order valence-electron chi connectivity index (χ3n) is 2.64. The summed E-state index contributed by atoms with van der Waals surface area (Å²) in [7, 11) is 0. The second-order valence-electron chi connectivity index (χ2n) is 3.73. The molecule has 6 heteroatoms. The van der Waals surface area contributed by atoms with Gasteiger partial charge in [0.2, 0.25) is 0 Å². The number of halogens is 2. The highest BCUT2D eigenvalue weighted by Crippen LogP contribution is 2.19. The first-order valence-corrected chi connectivity index (χ1v) is 5.21. The van der Waals surface area contributed by atoms with Crippen LogP contribution in [0.15, 0.2) is 12.1 Å². The summed E-state index contributed by atoms with van der Waals surface area (Å²) in [6.07, 6.45) is 0. The molecule has 1 aliphatic rings. The van der Waals surface area contributed by atoms with E-state index in [9.17, 15) is 13.6 Å². The number of carbonyl (C=O) groups is 1. The molecule has 1 aromatic carbocycles. The molecular weight excluding hydrogens is 230 g/mol. The van der Waals surface area contributed by atoms with Crippen LogP contribution >= 0.6 is 0 Å². The summed E-state index contributed by atoms with van der Waals surface area (Å²) in [5, 5.41) is 0. The van der Waals surface area contributed by atoms with Gasteiger partial charge in [-0.05, 0) is 12.1 Å². The van der Waals surface area contributed by atoms with Crippen molar-refractivity contribution >= 4 is 11.6 Å². The molecule has 0 aromatic heterocycles. The maximum Gasteiger partial charge on any atom is 0.257 e. The van der Waals surface area contributed by atoms with Gasteiger partial charge in [-0.25, -0.2) is 8.78 Å². The van der Waals surface area contributed by atoms with Crippen molar-refractivity contribution in [2.45, 2.75) is 0 Å². The Hall–Kier alpha value is -1.69. The molecule has 1 aromatic rings. The van der Waals surface area contributed by atoms with E-state index in [1.165, 1.54) is 17.0 Å². The van der Waals surface area contributed by atoms with Crippen molar-refractivity contribution < 1.29 is 18.3 Å². The Morgan fingerprint density at radius 3 is 2.53 bits per heavy atom. The molecule has 0 aliphatic carbocycles. The zero-order valence-corrected chi connectivity index (χ0v) is 9.08. The monoisotopic (exact) mass is 242 g/mol. The number of carbonyl (C=O) groups excluding carboxylic acids is 1. The lowest BCUT2D eigenvalue weighted by atomic mass is 10.1. The quantitative estimate of drug-likeness (QED) is 0.748. The molecule has 1 saturated heterocycles. The summed E-state index contributed by atoms with van der Waals surface area (Å²) in [5.41, 5.74) is 4.61. The molecule has 17 heavy (non-hydrogen) atoms. The van der Waals surface area contributed by atoms with Gasteiger partial charge in [-0.3, -0.25) is 4.79 Å². The number of hydrogen-bond acceptors (Lipinski definition) is 3. The first-order valence-electron chi connectivity index (χ1n) is 5.21. The SMILES string of the molecule is Nc1ccc(C(=O)N2CCOCC2)c(F)c1F. The van der Waals surface area contributed by atoms with Crippen molar-refractivity contribution in [1.29, 1.82) is 0 Å². The number of nitrogen functional groups attached to an aromatic ring is 1. The maximum absolute atomic E-state index is 13.5. The second-order valence-corrected chi connectivity index (χ2v) is 3.73. The molecule has 0 radical (unpaired) electrons. The Bertz CT molecular complexity index is 445. The summed E-state index contributed by atoms with van der Waals surface area (Å²) >= 11 is 0. The Kier molecular flexibility index (Phi) is 3.23. The minimum atomic E-state index is -1.19. The number of hydrogen-bond donors (Lipinski definition) is 1. The van der Waals surface area contributed by atoms with Gasteiger partial charge in [-0.15, -0.1) is 0 Å². The molecule has 92 valence electrons. The number of anilines is 1. The molecule has 0 saturated carbocycles. The fourth-order valence-electron chi connectivity index (χ4n) is 1.67. The lowest BCUT2D eigenvalue weighted by Crippen LogP contribution is -2.41. The molecule has 1 aliphatic heterocycles. The van der Waals surface area contributed by atoms with Gasteiger partial charge in [0.15, 0.2) is 11.6 Å². The summed E-state index contributed by atoms with van der Waals surface area (Å²) < 4.78 is 31.8. The molecule has 1 heterocycles. The van der Waals surface area contributed by atoms with Crippen LogP contribution in [0.3, 0.4) is 0 Å². The largest absolute Gasteiger partial charge is 0.396 e. The zero-order chi connectivity index (χ0) is 12.4. The number of benzene rings is 1. The van der Waals surface area contributed by atoms with E-state index in [1.54, 1.807) is 0 Å².